The summed E-state index contributed by atoms with van der Waals surface area (Å²) in [6.07, 6.45) is 2.07. The van der Waals surface area contributed by atoms with Gasteiger partial charge in [0.05, 0.1) is 31.6 Å². The number of carbonyl (C=O) groups excluding carboxylic acids is 1. The molecule has 2 aromatic carbocycles. The van der Waals surface area contributed by atoms with Crippen molar-refractivity contribution in [3.05, 3.63) is 58.7 Å². The van der Waals surface area contributed by atoms with Gasteiger partial charge in [-0.3, -0.25) is 4.79 Å². The van der Waals surface area contributed by atoms with Gasteiger partial charge >= 0.3 is 5.97 Å². The maximum atomic E-state index is 11.6. The third-order valence-electron chi connectivity index (χ3n) is 5.95. The van der Waals surface area contributed by atoms with Gasteiger partial charge in [0.15, 0.2) is 0 Å². The van der Waals surface area contributed by atoms with Gasteiger partial charge in [-0.05, 0) is 49.4 Å². The Morgan fingerprint density at radius 2 is 2.10 bits per heavy atom. The van der Waals surface area contributed by atoms with Crippen LogP contribution in [0.1, 0.15) is 61.0 Å². The molecule has 0 saturated heterocycles. The molecule has 2 aromatic rings. The number of rotatable bonds is 5. The van der Waals surface area contributed by atoms with Gasteiger partial charge in [0, 0.05) is 17.5 Å². The molecular formula is C24H25NO4. The van der Waals surface area contributed by atoms with Crippen molar-refractivity contribution in [2.45, 2.75) is 50.5 Å². The van der Waals surface area contributed by atoms with Crippen LogP contribution >= 0.6 is 0 Å². The summed E-state index contributed by atoms with van der Waals surface area (Å²) < 4.78 is 16.9. The minimum absolute atomic E-state index is 0.0227. The van der Waals surface area contributed by atoms with E-state index in [0.717, 1.165) is 41.0 Å². The number of hydrogen-bond donors (Lipinski definition) is 0. The molecule has 0 spiro atoms. The Hall–Kier alpha value is -3.00. The molecule has 0 radical (unpaired) electrons. The van der Waals surface area contributed by atoms with Crippen LogP contribution in [0.5, 0.6) is 11.5 Å². The van der Waals surface area contributed by atoms with Gasteiger partial charge in [-0.2, -0.15) is 5.26 Å². The molecule has 0 saturated carbocycles. The number of methoxy groups -OCH3 is 1. The lowest BCUT2D eigenvalue weighted by atomic mass is 9.82. The van der Waals surface area contributed by atoms with Crippen LogP contribution in [-0.4, -0.2) is 19.7 Å². The van der Waals surface area contributed by atoms with Crippen LogP contribution in [0.3, 0.4) is 0 Å². The van der Waals surface area contributed by atoms with E-state index in [9.17, 15) is 10.1 Å². The van der Waals surface area contributed by atoms with E-state index in [0.29, 0.717) is 13.0 Å². The van der Waals surface area contributed by atoms with Crippen molar-refractivity contribution in [1.29, 1.82) is 5.26 Å². The number of carbonyl (C=O) groups is 1. The van der Waals surface area contributed by atoms with Gasteiger partial charge in [-0.1, -0.05) is 24.3 Å². The van der Waals surface area contributed by atoms with Crippen molar-refractivity contribution in [1.82, 2.24) is 0 Å². The van der Waals surface area contributed by atoms with Crippen molar-refractivity contribution in [3.63, 3.8) is 0 Å². The zero-order chi connectivity index (χ0) is 20.6. The van der Waals surface area contributed by atoms with Crippen LogP contribution in [0.15, 0.2) is 36.4 Å². The number of nitrogens with zero attached hydrogens (tertiary/aromatic N) is 1. The molecule has 5 heteroatoms. The molecule has 0 fully saturated rings. The van der Waals surface area contributed by atoms with Crippen molar-refractivity contribution in [2.24, 2.45) is 0 Å². The molecule has 0 aromatic heterocycles. The molecule has 0 unspecified atom stereocenters. The maximum absolute atomic E-state index is 11.6. The standard InChI is InChI=1S/C24H25NO4/c1-24(2,14-25)20-6-4-5-19-18(20)9-10-21(19)29-16-7-8-17-15(11-23(26)27-3)13-28-22(17)12-16/h4-8,12,15,21H,9-11,13H2,1-3H3/t15-,21-/m1/s1. The predicted molar refractivity (Wildman–Crippen MR) is 108 cm³/mol. The van der Waals surface area contributed by atoms with Gasteiger partial charge < -0.3 is 14.2 Å². The van der Waals surface area contributed by atoms with Crippen LogP contribution in [0, 0.1) is 11.3 Å². The summed E-state index contributed by atoms with van der Waals surface area (Å²) in [6.45, 7) is 4.39. The molecule has 2 aliphatic rings. The molecule has 0 N–H and O–H groups in total. The highest BCUT2D eigenvalue weighted by Crippen LogP contribution is 2.43. The number of ether oxygens (including phenoxy) is 3. The Bertz CT molecular complexity index is 989. The fraction of sp³-hybridized carbons (Fsp3) is 0.417. The molecule has 150 valence electrons. The second-order valence-electron chi connectivity index (χ2n) is 8.24. The van der Waals surface area contributed by atoms with Crippen molar-refractivity contribution < 1.29 is 19.0 Å². The average molecular weight is 391 g/mol. The smallest absolute Gasteiger partial charge is 0.306 e. The molecule has 0 amide bonds. The lowest BCUT2D eigenvalue weighted by molar-refractivity contribution is -0.141. The number of fused-ring (bicyclic) bond motifs is 2. The first-order valence-electron chi connectivity index (χ1n) is 9.96. The number of hydrogen-bond acceptors (Lipinski definition) is 5. The summed E-state index contributed by atoms with van der Waals surface area (Å²) in [6, 6.07) is 14.4. The molecule has 4 rings (SSSR count). The second kappa shape index (κ2) is 7.44. The summed E-state index contributed by atoms with van der Waals surface area (Å²) >= 11 is 0. The number of esters is 1. The fourth-order valence-electron chi connectivity index (χ4n) is 4.33. The highest BCUT2D eigenvalue weighted by atomic mass is 16.5. The summed E-state index contributed by atoms with van der Waals surface area (Å²) in [7, 11) is 1.40. The zero-order valence-electron chi connectivity index (χ0n) is 17.0. The van der Waals surface area contributed by atoms with Crippen molar-refractivity contribution >= 4 is 5.97 Å². The lowest BCUT2D eigenvalue weighted by Gasteiger charge is -2.21. The van der Waals surface area contributed by atoms with E-state index in [1.54, 1.807) is 0 Å². The van der Waals surface area contributed by atoms with E-state index in [1.165, 1.54) is 12.7 Å². The van der Waals surface area contributed by atoms with Crippen molar-refractivity contribution in [3.8, 4) is 17.6 Å². The largest absolute Gasteiger partial charge is 0.492 e. The Labute approximate surface area is 171 Å². The highest BCUT2D eigenvalue weighted by molar-refractivity contribution is 5.71. The SMILES string of the molecule is COC(=O)C[C@@H]1COc2cc(O[C@@H]3CCc4c3cccc4C(C)(C)C#N)ccc21. The first kappa shape index (κ1) is 19.3. The Morgan fingerprint density at radius 1 is 1.28 bits per heavy atom. The summed E-state index contributed by atoms with van der Waals surface area (Å²) in [5, 5.41) is 9.54. The summed E-state index contributed by atoms with van der Waals surface area (Å²) in [4.78, 5) is 11.6. The molecule has 29 heavy (non-hydrogen) atoms. The van der Waals surface area contributed by atoms with Gasteiger partial charge in [-0.25, -0.2) is 0 Å². The van der Waals surface area contributed by atoms with Crippen molar-refractivity contribution in [2.75, 3.05) is 13.7 Å². The minimum Gasteiger partial charge on any atom is -0.492 e. The topological polar surface area (TPSA) is 68.6 Å². The average Bonchev–Trinajstić information content (AvgIpc) is 3.32. The van der Waals surface area contributed by atoms with Gasteiger partial charge in [0.2, 0.25) is 0 Å². The first-order chi connectivity index (χ1) is 13.9. The second-order valence-corrected chi connectivity index (χ2v) is 8.24. The van der Waals surface area contributed by atoms with Gasteiger partial charge in [-0.15, -0.1) is 0 Å². The molecule has 5 nitrogen and oxygen atoms in total. The quantitative estimate of drug-likeness (QED) is 0.697. The van der Waals surface area contributed by atoms with Gasteiger partial charge in [0.25, 0.3) is 0 Å². The van der Waals surface area contributed by atoms with E-state index in [2.05, 4.69) is 18.2 Å². The molecule has 1 heterocycles. The van der Waals surface area contributed by atoms with E-state index in [4.69, 9.17) is 14.2 Å². The molecule has 1 aliphatic heterocycles. The number of nitriles is 1. The molecule has 0 bridgehead atoms. The number of benzene rings is 2. The third-order valence-corrected chi connectivity index (χ3v) is 5.95. The van der Waals surface area contributed by atoms with E-state index < -0.39 is 5.41 Å². The normalized spacial score (nSPS) is 19.7. The van der Waals surface area contributed by atoms with Crippen LogP contribution < -0.4 is 9.47 Å². The molecular weight excluding hydrogens is 366 g/mol. The minimum atomic E-state index is -0.518. The summed E-state index contributed by atoms with van der Waals surface area (Å²) in [5.41, 5.74) is 3.99. The van der Waals surface area contributed by atoms with E-state index >= 15 is 0 Å². The van der Waals surface area contributed by atoms with E-state index in [-0.39, 0.29) is 18.0 Å². The van der Waals surface area contributed by atoms with Gasteiger partial charge in [0.1, 0.15) is 17.6 Å². The summed E-state index contributed by atoms with van der Waals surface area (Å²) in [5.74, 6) is 1.32. The lowest BCUT2D eigenvalue weighted by Crippen LogP contribution is -2.16. The monoisotopic (exact) mass is 391 g/mol. The Morgan fingerprint density at radius 3 is 2.86 bits per heavy atom. The zero-order valence-corrected chi connectivity index (χ0v) is 17.0. The molecule has 1 aliphatic carbocycles. The van der Waals surface area contributed by atoms with Crippen LogP contribution in [0.25, 0.3) is 0 Å². The predicted octanol–water partition coefficient (Wildman–Crippen LogP) is 4.59. The maximum Gasteiger partial charge on any atom is 0.306 e. The van der Waals surface area contributed by atoms with E-state index in [1.807, 2.05) is 38.1 Å². The van der Waals surface area contributed by atoms with Crippen LogP contribution in [-0.2, 0) is 21.4 Å². The van der Waals surface area contributed by atoms with Crippen LogP contribution in [0.4, 0.5) is 0 Å². The van der Waals surface area contributed by atoms with Crippen LogP contribution in [0.2, 0.25) is 0 Å². The Balaban J connectivity index is 1.54. The fourth-order valence-corrected chi connectivity index (χ4v) is 4.33. The molecule has 2 atom stereocenters. The Kier molecular flexibility index (Phi) is 4.96. The third kappa shape index (κ3) is 3.55. The first-order valence-corrected chi connectivity index (χ1v) is 9.96. The highest BCUT2D eigenvalue weighted by Gasteiger charge is 2.32.